The first-order chi connectivity index (χ1) is 13.0. The molecule has 2 fully saturated rings. The Morgan fingerprint density at radius 2 is 1.81 bits per heavy atom. The molecule has 2 aliphatic heterocycles. The van der Waals surface area contributed by atoms with Crippen molar-refractivity contribution < 1.29 is 9.59 Å². The van der Waals surface area contributed by atoms with Gasteiger partial charge in [0.1, 0.15) is 0 Å². The Hall–Kier alpha value is -2.34. The molecule has 0 aliphatic carbocycles. The average Bonchev–Trinajstić information content (AvgIpc) is 3.22. The van der Waals surface area contributed by atoms with E-state index in [1.165, 1.54) is 6.08 Å². The minimum absolute atomic E-state index is 0.0820. The smallest absolute Gasteiger partial charge is 0.253 e. The van der Waals surface area contributed by atoms with Crippen molar-refractivity contribution in [2.75, 3.05) is 50.5 Å². The van der Waals surface area contributed by atoms with Gasteiger partial charge in [0.2, 0.25) is 5.91 Å². The Balaban J connectivity index is 1.85. The van der Waals surface area contributed by atoms with Crippen LogP contribution in [0.1, 0.15) is 36.0 Å². The van der Waals surface area contributed by atoms with E-state index in [1.807, 2.05) is 23.1 Å². The van der Waals surface area contributed by atoms with Crippen molar-refractivity contribution in [3.63, 3.8) is 0 Å². The van der Waals surface area contributed by atoms with Crippen LogP contribution in [-0.2, 0) is 4.79 Å². The van der Waals surface area contributed by atoms with E-state index in [9.17, 15) is 9.59 Å². The Bertz CT molecular complexity index is 702. The Morgan fingerprint density at radius 1 is 1.15 bits per heavy atom. The third kappa shape index (κ3) is 4.50. The molecule has 27 heavy (non-hydrogen) atoms. The van der Waals surface area contributed by atoms with Crippen LogP contribution in [0.2, 0.25) is 0 Å². The predicted molar refractivity (Wildman–Crippen MR) is 109 cm³/mol. The quantitative estimate of drug-likeness (QED) is 0.810. The summed E-state index contributed by atoms with van der Waals surface area (Å²) >= 11 is 0. The number of carbonyl (C=O) groups is 2. The van der Waals surface area contributed by atoms with Crippen molar-refractivity contribution in [3.05, 3.63) is 36.4 Å². The van der Waals surface area contributed by atoms with E-state index in [0.29, 0.717) is 11.6 Å². The molecule has 6 heteroatoms. The van der Waals surface area contributed by atoms with Gasteiger partial charge in [0, 0.05) is 37.8 Å². The molecule has 1 aromatic rings. The standard InChI is InChI=1S/C21H30N4O2/c1-4-20(26)22-18-8-7-16(21(27)25-11-5-6-12-25)15-19(18)24-13-9-17(10-14-24)23(2)3/h4,7-8,15,17H,1,5-6,9-14H2,2-3H3,(H,22,26). The number of hydrogen-bond acceptors (Lipinski definition) is 4. The van der Waals surface area contributed by atoms with Crippen LogP contribution in [0.15, 0.2) is 30.9 Å². The van der Waals surface area contributed by atoms with Gasteiger partial charge in [-0.25, -0.2) is 0 Å². The fourth-order valence-corrected chi connectivity index (χ4v) is 3.94. The summed E-state index contributed by atoms with van der Waals surface area (Å²) in [6, 6.07) is 6.17. The molecule has 2 aliphatic rings. The first kappa shape index (κ1) is 19.4. The van der Waals surface area contributed by atoms with Gasteiger partial charge in [-0.2, -0.15) is 0 Å². The summed E-state index contributed by atoms with van der Waals surface area (Å²) in [5.74, 6) is -0.156. The zero-order valence-electron chi connectivity index (χ0n) is 16.4. The number of piperidine rings is 1. The summed E-state index contributed by atoms with van der Waals surface area (Å²) in [5, 5.41) is 2.89. The normalized spacial score (nSPS) is 18.0. The molecular weight excluding hydrogens is 340 g/mol. The molecule has 0 aromatic heterocycles. The van der Waals surface area contributed by atoms with Crippen LogP contribution in [0, 0.1) is 0 Å². The van der Waals surface area contributed by atoms with Gasteiger partial charge in [-0.05, 0) is 64.1 Å². The number of nitrogens with zero attached hydrogens (tertiary/aromatic N) is 3. The van der Waals surface area contributed by atoms with Gasteiger partial charge in [-0.1, -0.05) is 6.58 Å². The minimum Gasteiger partial charge on any atom is -0.370 e. The molecular formula is C21H30N4O2. The SMILES string of the molecule is C=CC(=O)Nc1ccc(C(=O)N2CCCC2)cc1N1CCC(N(C)C)CC1. The zero-order valence-corrected chi connectivity index (χ0v) is 16.4. The summed E-state index contributed by atoms with van der Waals surface area (Å²) in [5.41, 5.74) is 2.35. The minimum atomic E-state index is -0.238. The third-order valence-corrected chi connectivity index (χ3v) is 5.62. The van der Waals surface area contributed by atoms with E-state index >= 15 is 0 Å². The van der Waals surface area contributed by atoms with Crippen LogP contribution in [0.4, 0.5) is 11.4 Å². The summed E-state index contributed by atoms with van der Waals surface area (Å²) in [7, 11) is 4.23. The first-order valence-electron chi connectivity index (χ1n) is 9.77. The lowest BCUT2D eigenvalue weighted by Crippen LogP contribution is -2.42. The van der Waals surface area contributed by atoms with E-state index in [-0.39, 0.29) is 11.8 Å². The van der Waals surface area contributed by atoms with Crippen molar-refractivity contribution >= 4 is 23.2 Å². The van der Waals surface area contributed by atoms with Crippen molar-refractivity contribution in [1.29, 1.82) is 0 Å². The number of benzene rings is 1. The molecule has 0 radical (unpaired) electrons. The van der Waals surface area contributed by atoms with E-state index in [1.54, 1.807) is 0 Å². The summed E-state index contributed by atoms with van der Waals surface area (Å²) in [6.07, 6.45) is 5.54. The first-order valence-corrected chi connectivity index (χ1v) is 9.77. The summed E-state index contributed by atoms with van der Waals surface area (Å²) < 4.78 is 0. The molecule has 0 bridgehead atoms. The number of carbonyl (C=O) groups excluding carboxylic acids is 2. The largest absolute Gasteiger partial charge is 0.370 e. The molecule has 2 saturated heterocycles. The van der Waals surface area contributed by atoms with E-state index < -0.39 is 0 Å². The Kier molecular flexibility index (Phi) is 6.16. The third-order valence-electron chi connectivity index (χ3n) is 5.62. The number of rotatable bonds is 5. The van der Waals surface area contributed by atoms with Crippen LogP contribution in [-0.4, -0.2) is 67.9 Å². The molecule has 2 heterocycles. The number of anilines is 2. The Labute approximate surface area is 161 Å². The maximum atomic E-state index is 12.8. The van der Waals surface area contributed by atoms with Gasteiger partial charge in [-0.15, -0.1) is 0 Å². The molecule has 1 N–H and O–H groups in total. The van der Waals surface area contributed by atoms with Crippen LogP contribution >= 0.6 is 0 Å². The monoisotopic (exact) mass is 370 g/mol. The van der Waals surface area contributed by atoms with E-state index in [0.717, 1.165) is 63.2 Å². The number of nitrogens with one attached hydrogen (secondary N) is 1. The second-order valence-corrected chi connectivity index (χ2v) is 7.61. The topological polar surface area (TPSA) is 55.9 Å². The lowest BCUT2D eigenvalue weighted by atomic mass is 10.0. The molecule has 3 rings (SSSR count). The van der Waals surface area contributed by atoms with Gasteiger partial charge in [0.05, 0.1) is 11.4 Å². The van der Waals surface area contributed by atoms with Crippen molar-refractivity contribution in [1.82, 2.24) is 9.80 Å². The highest BCUT2D eigenvalue weighted by molar-refractivity contribution is 6.03. The van der Waals surface area contributed by atoms with Gasteiger partial charge in [-0.3, -0.25) is 9.59 Å². The van der Waals surface area contributed by atoms with Crippen molar-refractivity contribution in [2.24, 2.45) is 0 Å². The van der Waals surface area contributed by atoms with Crippen molar-refractivity contribution in [2.45, 2.75) is 31.7 Å². The second-order valence-electron chi connectivity index (χ2n) is 7.61. The summed E-state index contributed by atoms with van der Waals surface area (Å²) in [4.78, 5) is 31.1. The highest BCUT2D eigenvalue weighted by Gasteiger charge is 2.25. The van der Waals surface area contributed by atoms with Crippen LogP contribution in [0.3, 0.4) is 0 Å². The molecule has 6 nitrogen and oxygen atoms in total. The molecule has 0 spiro atoms. The fraction of sp³-hybridized carbons (Fsp3) is 0.524. The van der Waals surface area contributed by atoms with Gasteiger partial charge >= 0.3 is 0 Å². The highest BCUT2D eigenvalue weighted by atomic mass is 16.2. The summed E-state index contributed by atoms with van der Waals surface area (Å²) in [6.45, 7) is 7.00. The number of likely N-dealkylation sites (tertiary alicyclic amines) is 1. The van der Waals surface area contributed by atoms with Crippen LogP contribution in [0.5, 0.6) is 0 Å². The van der Waals surface area contributed by atoms with E-state index in [4.69, 9.17) is 0 Å². The molecule has 146 valence electrons. The van der Waals surface area contributed by atoms with Gasteiger partial charge < -0.3 is 20.0 Å². The Morgan fingerprint density at radius 3 is 2.41 bits per heavy atom. The van der Waals surface area contributed by atoms with Gasteiger partial charge in [0.15, 0.2) is 0 Å². The average molecular weight is 370 g/mol. The predicted octanol–water partition coefficient (Wildman–Crippen LogP) is 2.58. The number of amides is 2. The zero-order chi connectivity index (χ0) is 19.4. The lowest BCUT2D eigenvalue weighted by molar-refractivity contribution is -0.111. The fourth-order valence-electron chi connectivity index (χ4n) is 3.94. The second kappa shape index (κ2) is 8.57. The molecule has 0 unspecified atom stereocenters. The number of hydrogen-bond donors (Lipinski definition) is 1. The van der Waals surface area contributed by atoms with E-state index in [2.05, 4.69) is 35.8 Å². The van der Waals surface area contributed by atoms with Crippen LogP contribution in [0.25, 0.3) is 0 Å². The van der Waals surface area contributed by atoms with Crippen molar-refractivity contribution in [3.8, 4) is 0 Å². The maximum Gasteiger partial charge on any atom is 0.253 e. The van der Waals surface area contributed by atoms with Gasteiger partial charge in [0.25, 0.3) is 5.91 Å². The molecule has 1 aromatic carbocycles. The molecule has 2 amide bonds. The highest BCUT2D eigenvalue weighted by Crippen LogP contribution is 2.31. The maximum absolute atomic E-state index is 12.8. The lowest BCUT2D eigenvalue weighted by Gasteiger charge is -2.37. The molecule has 0 saturated carbocycles. The van der Waals surface area contributed by atoms with Crippen LogP contribution < -0.4 is 10.2 Å². The molecule has 0 atom stereocenters.